The maximum atomic E-state index is 10.3. The molecule has 182 valence electrons. The van der Waals surface area contributed by atoms with E-state index in [4.69, 9.17) is 25.8 Å². The molecule has 1 aliphatic heterocycles. The predicted octanol–water partition coefficient (Wildman–Crippen LogP) is 3.67. The maximum Gasteiger partial charge on any atom is 0.132 e. The zero-order chi connectivity index (χ0) is 23.8. The van der Waals surface area contributed by atoms with Crippen LogP contribution in [0.2, 0.25) is 0 Å². The van der Waals surface area contributed by atoms with Crippen molar-refractivity contribution in [3.63, 3.8) is 0 Å². The van der Waals surface area contributed by atoms with Crippen molar-refractivity contribution in [2.75, 3.05) is 51.9 Å². The third kappa shape index (κ3) is 7.70. The van der Waals surface area contributed by atoms with Crippen molar-refractivity contribution in [2.24, 2.45) is 0 Å². The summed E-state index contributed by atoms with van der Waals surface area (Å²) in [6.07, 6.45) is -1.22. The third-order valence-corrected chi connectivity index (χ3v) is 7.05. The van der Waals surface area contributed by atoms with Gasteiger partial charge in [0.1, 0.15) is 36.9 Å². The van der Waals surface area contributed by atoms with Gasteiger partial charge in [-0.15, -0.1) is 11.6 Å². The van der Waals surface area contributed by atoms with E-state index >= 15 is 0 Å². The largest absolute Gasteiger partial charge is 0.491 e. The van der Waals surface area contributed by atoms with Crippen molar-refractivity contribution < 1.29 is 24.4 Å². The molecule has 0 aliphatic carbocycles. The van der Waals surface area contributed by atoms with Crippen molar-refractivity contribution in [1.82, 2.24) is 4.90 Å². The van der Waals surface area contributed by atoms with Gasteiger partial charge in [0.15, 0.2) is 0 Å². The lowest BCUT2D eigenvalue weighted by molar-refractivity contribution is 0.00465. The highest BCUT2D eigenvalue weighted by Gasteiger charge is 2.24. The summed E-state index contributed by atoms with van der Waals surface area (Å²) < 4.78 is 17.8. The van der Waals surface area contributed by atoms with Crippen molar-refractivity contribution in [1.29, 1.82) is 0 Å². The molecule has 0 amide bonds. The molecule has 8 heteroatoms. The first-order valence-corrected chi connectivity index (χ1v) is 12.8. The lowest BCUT2D eigenvalue weighted by atomic mass is 9.78. The number of aliphatic hydroxyl groups is 2. The molecular formula is C25H33ClINO5. The van der Waals surface area contributed by atoms with Gasteiger partial charge in [0.25, 0.3) is 0 Å². The number of rotatable bonds is 11. The molecule has 0 radical (unpaired) electrons. The smallest absolute Gasteiger partial charge is 0.132 e. The van der Waals surface area contributed by atoms with Crippen LogP contribution in [0.4, 0.5) is 0 Å². The lowest BCUT2D eigenvalue weighted by Gasteiger charge is -2.28. The van der Waals surface area contributed by atoms with E-state index in [1.54, 1.807) is 0 Å². The molecule has 3 rings (SSSR count). The Morgan fingerprint density at radius 1 is 1.00 bits per heavy atom. The van der Waals surface area contributed by atoms with Crippen LogP contribution in [0.5, 0.6) is 11.5 Å². The standard InChI is InChI=1S/C25H33ClINO5/c1-25(2,19-5-8-24(23(27)13-19)33-16-20(29)14-26)18-3-6-22(7-4-18)32-17-21(30)15-28-9-11-31-12-10-28/h3-8,13,20-21,29-30H,9-12,14-17H2,1-2H3/i27-4. The van der Waals surface area contributed by atoms with Gasteiger partial charge in [-0.1, -0.05) is 32.0 Å². The number of benzene rings is 2. The van der Waals surface area contributed by atoms with Crippen LogP contribution in [0.3, 0.4) is 0 Å². The Morgan fingerprint density at radius 2 is 1.64 bits per heavy atom. The molecule has 2 unspecified atom stereocenters. The van der Waals surface area contributed by atoms with E-state index in [2.05, 4.69) is 65.6 Å². The van der Waals surface area contributed by atoms with Gasteiger partial charge in [0.2, 0.25) is 0 Å². The Morgan fingerprint density at radius 3 is 2.27 bits per heavy atom. The third-order valence-electron chi connectivity index (χ3n) is 5.85. The number of alkyl halides is 1. The van der Waals surface area contributed by atoms with E-state index in [9.17, 15) is 10.2 Å². The molecule has 1 saturated heterocycles. The first-order chi connectivity index (χ1) is 15.8. The summed E-state index contributed by atoms with van der Waals surface area (Å²) in [6.45, 7) is 8.52. The van der Waals surface area contributed by atoms with Crippen LogP contribution in [-0.4, -0.2) is 79.3 Å². The Bertz CT molecular complexity index is 874. The van der Waals surface area contributed by atoms with Crippen molar-refractivity contribution >= 4 is 34.2 Å². The van der Waals surface area contributed by atoms with Gasteiger partial charge in [0.05, 0.1) is 22.7 Å². The maximum absolute atomic E-state index is 10.3. The van der Waals surface area contributed by atoms with E-state index in [0.29, 0.717) is 6.54 Å². The summed E-state index contributed by atoms with van der Waals surface area (Å²) in [5.74, 6) is 1.62. The molecule has 0 bridgehead atoms. The van der Waals surface area contributed by atoms with Gasteiger partial charge < -0.3 is 24.4 Å². The van der Waals surface area contributed by atoms with Crippen LogP contribution in [0.1, 0.15) is 25.0 Å². The molecule has 1 fully saturated rings. The average Bonchev–Trinajstić information content (AvgIpc) is 2.82. The topological polar surface area (TPSA) is 71.4 Å². The molecule has 0 spiro atoms. The van der Waals surface area contributed by atoms with E-state index < -0.39 is 12.2 Å². The zero-order valence-corrected chi connectivity index (χ0v) is 22.1. The van der Waals surface area contributed by atoms with Gasteiger partial charge in [-0.25, -0.2) is 0 Å². The number of hydrogen-bond donors (Lipinski definition) is 2. The first-order valence-electron chi connectivity index (χ1n) is 11.2. The lowest BCUT2D eigenvalue weighted by Crippen LogP contribution is -2.42. The number of aliphatic hydroxyl groups excluding tert-OH is 2. The second-order valence-electron chi connectivity index (χ2n) is 8.79. The zero-order valence-electron chi connectivity index (χ0n) is 19.2. The summed E-state index contributed by atoms with van der Waals surface area (Å²) in [7, 11) is 0. The fraction of sp³-hybridized carbons (Fsp3) is 0.520. The molecule has 6 nitrogen and oxygen atoms in total. The van der Waals surface area contributed by atoms with Crippen molar-refractivity contribution in [3.05, 3.63) is 57.2 Å². The Kier molecular flexibility index (Phi) is 10.1. The minimum atomic E-state index is -0.681. The summed E-state index contributed by atoms with van der Waals surface area (Å²) >= 11 is 7.89. The van der Waals surface area contributed by atoms with Crippen molar-refractivity contribution in [2.45, 2.75) is 31.5 Å². The van der Waals surface area contributed by atoms with Crippen LogP contribution < -0.4 is 9.47 Å². The highest BCUT2D eigenvalue weighted by molar-refractivity contribution is 14.1. The fourth-order valence-corrected chi connectivity index (χ4v) is 4.46. The normalized spacial score (nSPS) is 16.9. The molecule has 1 heterocycles. The molecule has 2 atom stereocenters. The molecule has 2 N–H and O–H groups in total. The average molecular weight is 586 g/mol. The van der Waals surface area contributed by atoms with Gasteiger partial charge in [0, 0.05) is 25.0 Å². The second kappa shape index (κ2) is 12.6. The molecule has 0 saturated carbocycles. The van der Waals surface area contributed by atoms with Crippen LogP contribution in [0.15, 0.2) is 42.5 Å². The fourth-order valence-electron chi connectivity index (χ4n) is 3.70. The summed E-state index contributed by atoms with van der Waals surface area (Å²) in [5.41, 5.74) is 2.10. The molecule has 2 aromatic carbocycles. The number of halogens is 2. The van der Waals surface area contributed by atoms with Gasteiger partial charge in [-0.3, -0.25) is 4.90 Å². The minimum Gasteiger partial charge on any atom is -0.491 e. The monoisotopic (exact) mass is 585 g/mol. The van der Waals surface area contributed by atoms with Crippen LogP contribution in [0.25, 0.3) is 0 Å². The summed E-state index contributed by atoms with van der Waals surface area (Å²) in [6, 6.07) is 14.1. The number of ether oxygens (including phenoxy) is 3. The molecule has 2 aromatic rings. The first kappa shape index (κ1) is 26.5. The molecule has 33 heavy (non-hydrogen) atoms. The van der Waals surface area contributed by atoms with Gasteiger partial charge in [-0.2, -0.15) is 0 Å². The van der Waals surface area contributed by atoms with E-state index in [1.807, 2.05) is 18.2 Å². The Hall–Kier alpha value is -1.10. The highest BCUT2D eigenvalue weighted by Crippen LogP contribution is 2.35. The van der Waals surface area contributed by atoms with Crippen molar-refractivity contribution in [3.8, 4) is 11.5 Å². The predicted molar refractivity (Wildman–Crippen MR) is 139 cm³/mol. The van der Waals surface area contributed by atoms with E-state index in [0.717, 1.165) is 52.5 Å². The highest BCUT2D eigenvalue weighted by atomic mass is 123. The molecule has 0 aromatic heterocycles. The number of nitrogens with zero attached hydrogens (tertiary/aromatic N) is 1. The number of morpholine rings is 1. The molecule has 1 aliphatic rings. The quantitative estimate of drug-likeness (QED) is 0.310. The second-order valence-corrected chi connectivity index (χ2v) is 10.3. The van der Waals surface area contributed by atoms with Crippen LogP contribution in [-0.2, 0) is 10.2 Å². The van der Waals surface area contributed by atoms with E-state index in [1.165, 1.54) is 0 Å². The Labute approximate surface area is 214 Å². The summed E-state index contributed by atoms with van der Waals surface area (Å²) in [5, 5.41) is 19.9. The van der Waals surface area contributed by atoms with Gasteiger partial charge >= 0.3 is 0 Å². The number of hydrogen-bond acceptors (Lipinski definition) is 6. The minimum absolute atomic E-state index is 0.147. The Balaban J connectivity index is 1.57. The molecular weight excluding hydrogens is 553 g/mol. The SMILES string of the molecule is CC(C)(c1ccc(OCC(O)CN2CCOCC2)cc1)c1ccc(OCC(O)CCl)c([123I])c1. The van der Waals surface area contributed by atoms with Gasteiger partial charge in [-0.05, 0) is 58.0 Å². The summed E-state index contributed by atoms with van der Waals surface area (Å²) in [4.78, 5) is 2.20. The van der Waals surface area contributed by atoms with Crippen LogP contribution in [0, 0.1) is 3.57 Å². The van der Waals surface area contributed by atoms with Crippen LogP contribution >= 0.6 is 34.2 Å². The van der Waals surface area contributed by atoms with E-state index in [-0.39, 0.29) is 24.5 Å². The number of β-amino-alcohol motifs (C(OH)–C–C–N with tert-alkyl or cyclic N) is 1.